The number of anilines is 1. The third kappa shape index (κ3) is 5.44. The summed E-state index contributed by atoms with van der Waals surface area (Å²) < 4.78 is 37.7. The molecule has 1 unspecified atom stereocenters. The van der Waals surface area contributed by atoms with Crippen molar-refractivity contribution in [1.82, 2.24) is 9.21 Å². The zero-order chi connectivity index (χ0) is 25.2. The molecule has 1 N–H and O–H groups in total. The van der Waals surface area contributed by atoms with Gasteiger partial charge in [-0.05, 0) is 55.6 Å². The maximum Gasteiger partial charge on any atom is 0.341 e. The molecule has 2 aliphatic heterocycles. The van der Waals surface area contributed by atoms with E-state index in [1.54, 1.807) is 0 Å². The van der Waals surface area contributed by atoms with E-state index in [4.69, 9.17) is 9.47 Å². The number of hydrogen-bond acceptors (Lipinski definition) is 8. The first-order chi connectivity index (χ1) is 16.7. The van der Waals surface area contributed by atoms with E-state index >= 15 is 0 Å². The first-order valence-electron chi connectivity index (χ1n) is 11.7. The highest BCUT2D eigenvalue weighted by Crippen LogP contribution is 2.37. The summed E-state index contributed by atoms with van der Waals surface area (Å²) in [6, 6.07) is 5.81. The number of nitrogens with zero attached hydrogens (tertiary/aromatic N) is 2. The highest BCUT2D eigenvalue weighted by atomic mass is 32.2. The molecule has 2 aliphatic rings. The number of carbonyl (C=O) groups excluding carboxylic acids is 2. The minimum Gasteiger partial charge on any atom is -0.465 e. The number of likely N-dealkylation sites (N-methyl/N-ethyl adjacent to an activating group) is 2. The monoisotopic (exact) mass is 521 g/mol. The molecule has 1 amide bonds. The number of ether oxygens (including phenoxy) is 2. The molecule has 1 atom stereocenters. The Labute approximate surface area is 210 Å². The first-order valence-corrected chi connectivity index (χ1v) is 13.9. The number of fused-ring (bicyclic) bond motifs is 1. The highest BCUT2D eigenvalue weighted by molar-refractivity contribution is 7.89. The number of carbonyl (C=O) groups is 2. The summed E-state index contributed by atoms with van der Waals surface area (Å²) in [6.07, 6.45) is 2.40. The van der Waals surface area contributed by atoms with E-state index in [1.807, 2.05) is 0 Å². The van der Waals surface area contributed by atoms with Gasteiger partial charge in [-0.3, -0.25) is 9.69 Å². The van der Waals surface area contributed by atoms with E-state index < -0.39 is 21.9 Å². The molecule has 1 fully saturated rings. The van der Waals surface area contributed by atoms with Gasteiger partial charge in [0.15, 0.2) is 0 Å². The van der Waals surface area contributed by atoms with Crippen LogP contribution in [0.4, 0.5) is 5.00 Å². The van der Waals surface area contributed by atoms with Crippen molar-refractivity contribution >= 4 is 38.2 Å². The van der Waals surface area contributed by atoms with Gasteiger partial charge in [-0.15, -0.1) is 11.3 Å². The van der Waals surface area contributed by atoms with Crippen molar-refractivity contribution in [3.8, 4) is 0 Å². The van der Waals surface area contributed by atoms with Gasteiger partial charge < -0.3 is 14.8 Å². The van der Waals surface area contributed by atoms with Crippen LogP contribution < -0.4 is 5.32 Å². The van der Waals surface area contributed by atoms with Crippen LogP contribution in [0.5, 0.6) is 0 Å². The lowest BCUT2D eigenvalue weighted by Crippen LogP contribution is -2.34. The van der Waals surface area contributed by atoms with E-state index in [2.05, 4.69) is 17.1 Å². The summed E-state index contributed by atoms with van der Waals surface area (Å²) in [5.41, 5.74) is 1.63. The Hall–Kier alpha value is -2.31. The molecular formula is C24H31N3O6S2. The Morgan fingerprint density at radius 1 is 1.29 bits per heavy atom. The van der Waals surface area contributed by atoms with Gasteiger partial charge in [-0.1, -0.05) is 6.92 Å². The molecule has 35 heavy (non-hydrogen) atoms. The Morgan fingerprint density at radius 3 is 2.66 bits per heavy atom. The fourth-order valence-electron chi connectivity index (χ4n) is 4.44. The summed E-state index contributed by atoms with van der Waals surface area (Å²) in [7, 11) is -0.842. The van der Waals surface area contributed by atoms with Crippen LogP contribution >= 0.6 is 11.3 Å². The van der Waals surface area contributed by atoms with Crippen molar-refractivity contribution in [2.24, 2.45) is 0 Å². The van der Waals surface area contributed by atoms with Gasteiger partial charge in [0, 0.05) is 43.7 Å². The zero-order valence-corrected chi connectivity index (χ0v) is 21.8. The van der Waals surface area contributed by atoms with Gasteiger partial charge in [0.2, 0.25) is 10.0 Å². The second kappa shape index (κ2) is 10.8. The molecule has 2 aromatic rings. The number of benzene rings is 1. The molecule has 0 bridgehead atoms. The van der Waals surface area contributed by atoms with Crippen LogP contribution in [0, 0.1) is 0 Å². The average Bonchev–Trinajstić information content (AvgIpc) is 3.50. The average molecular weight is 522 g/mol. The molecule has 0 radical (unpaired) electrons. The molecule has 1 saturated heterocycles. The summed E-state index contributed by atoms with van der Waals surface area (Å²) >= 11 is 1.39. The van der Waals surface area contributed by atoms with Gasteiger partial charge in [0.05, 0.1) is 23.7 Å². The van der Waals surface area contributed by atoms with Crippen molar-refractivity contribution in [1.29, 1.82) is 0 Å². The van der Waals surface area contributed by atoms with Crippen molar-refractivity contribution in [2.75, 3.05) is 45.7 Å². The number of methoxy groups -OCH3 is 1. The Balaban J connectivity index is 1.51. The Bertz CT molecular complexity index is 1190. The number of esters is 1. The van der Waals surface area contributed by atoms with Gasteiger partial charge in [-0.25, -0.2) is 13.2 Å². The van der Waals surface area contributed by atoms with E-state index in [1.165, 1.54) is 54.1 Å². The van der Waals surface area contributed by atoms with Crippen molar-refractivity contribution in [2.45, 2.75) is 43.7 Å². The highest BCUT2D eigenvalue weighted by Gasteiger charge is 2.30. The lowest BCUT2D eigenvalue weighted by Gasteiger charge is -2.25. The van der Waals surface area contributed by atoms with E-state index in [9.17, 15) is 18.0 Å². The number of thiophene rings is 1. The van der Waals surface area contributed by atoms with Crippen molar-refractivity contribution < 1.29 is 27.5 Å². The fourth-order valence-corrected chi connectivity index (χ4v) is 6.91. The number of rotatable bonds is 8. The van der Waals surface area contributed by atoms with Gasteiger partial charge in [0.25, 0.3) is 5.91 Å². The van der Waals surface area contributed by atoms with Gasteiger partial charge in [0.1, 0.15) is 5.00 Å². The largest absolute Gasteiger partial charge is 0.465 e. The van der Waals surface area contributed by atoms with Gasteiger partial charge in [-0.2, -0.15) is 4.31 Å². The topological polar surface area (TPSA) is 105 Å². The standard InChI is InChI=1S/C24H31N3O6S2/c1-4-27-12-11-19-20(15-27)34-23(21(19)24(29)32-3)25-22(28)16-7-9-18(10-8-16)35(30,31)26(2)14-17-6-5-13-33-17/h7-10,17H,4-6,11-15H2,1-3H3,(H,25,28). The van der Waals surface area contributed by atoms with Crippen molar-refractivity contribution in [3.05, 3.63) is 45.8 Å². The lowest BCUT2D eigenvalue weighted by molar-refractivity contribution is 0.0600. The third-order valence-corrected chi connectivity index (χ3v) is 9.48. The molecule has 9 nitrogen and oxygen atoms in total. The molecule has 3 heterocycles. The molecule has 1 aromatic carbocycles. The zero-order valence-electron chi connectivity index (χ0n) is 20.2. The minimum atomic E-state index is -3.70. The Kier molecular flexibility index (Phi) is 7.92. The molecule has 4 rings (SSSR count). The number of nitrogens with one attached hydrogen (secondary N) is 1. The number of amides is 1. The normalized spacial score (nSPS) is 18.5. The fraction of sp³-hybridized carbons (Fsp3) is 0.500. The van der Waals surface area contributed by atoms with Crippen LogP contribution in [-0.2, 0) is 32.5 Å². The SMILES string of the molecule is CCN1CCc2c(sc(NC(=O)c3ccc(S(=O)(=O)N(C)CC4CCCO4)cc3)c2C(=O)OC)C1. The molecule has 1 aromatic heterocycles. The third-order valence-electron chi connectivity index (χ3n) is 6.51. The van der Waals surface area contributed by atoms with Crippen molar-refractivity contribution in [3.63, 3.8) is 0 Å². The smallest absolute Gasteiger partial charge is 0.341 e. The molecule has 0 aliphatic carbocycles. The second-order valence-corrected chi connectivity index (χ2v) is 11.9. The number of sulfonamides is 1. The summed E-state index contributed by atoms with van der Waals surface area (Å²) in [5, 5.41) is 3.30. The molecule has 0 saturated carbocycles. The predicted molar refractivity (Wildman–Crippen MR) is 133 cm³/mol. The minimum absolute atomic E-state index is 0.0927. The molecule has 0 spiro atoms. The quantitative estimate of drug-likeness (QED) is 0.533. The molecular weight excluding hydrogens is 490 g/mol. The number of hydrogen-bond donors (Lipinski definition) is 1. The van der Waals surface area contributed by atoms with Crippen LogP contribution in [0.25, 0.3) is 0 Å². The summed E-state index contributed by atoms with van der Waals surface area (Å²) in [4.78, 5) is 28.9. The van der Waals surface area contributed by atoms with Crippen LogP contribution in [0.2, 0.25) is 0 Å². The maximum atomic E-state index is 13.0. The van der Waals surface area contributed by atoms with E-state index in [-0.39, 0.29) is 11.0 Å². The van der Waals surface area contributed by atoms with Gasteiger partial charge >= 0.3 is 5.97 Å². The van der Waals surface area contributed by atoms with E-state index in [0.717, 1.165) is 42.9 Å². The van der Waals surface area contributed by atoms with Crippen LogP contribution in [0.1, 0.15) is 50.9 Å². The van der Waals surface area contributed by atoms with E-state index in [0.29, 0.717) is 35.7 Å². The lowest BCUT2D eigenvalue weighted by atomic mass is 10.0. The maximum absolute atomic E-state index is 13.0. The molecule has 11 heteroatoms. The first kappa shape index (κ1) is 25.8. The predicted octanol–water partition coefficient (Wildman–Crippen LogP) is 2.96. The summed E-state index contributed by atoms with van der Waals surface area (Å²) in [6.45, 7) is 5.51. The molecule has 190 valence electrons. The second-order valence-electron chi connectivity index (χ2n) is 8.72. The Morgan fingerprint density at radius 2 is 2.03 bits per heavy atom. The van der Waals surface area contributed by atoms with Crippen LogP contribution in [0.3, 0.4) is 0 Å². The van der Waals surface area contributed by atoms with Crippen LogP contribution in [0.15, 0.2) is 29.2 Å². The summed E-state index contributed by atoms with van der Waals surface area (Å²) in [5.74, 6) is -0.892. The van der Waals surface area contributed by atoms with Crippen LogP contribution in [-0.4, -0.2) is 76.0 Å².